The lowest BCUT2D eigenvalue weighted by Crippen LogP contribution is -2.43. The highest BCUT2D eigenvalue weighted by Gasteiger charge is 2.29. The van der Waals surface area contributed by atoms with Crippen LogP contribution in [0.4, 0.5) is 0 Å². The van der Waals surface area contributed by atoms with Crippen LogP contribution in [0.3, 0.4) is 0 Å². The van der Waals surface area contributed by atoms with E-state index in [9.17, 15) is 0 Å². The summed E-state index contributed by atoms with van der Waals surface area (Å²) in [5, 5.41) is 6.81. The van der Waals surface area contributed by atoms with Crippen LogP contribution < -0.4 is 5.32 Å². The smallest absolute Gasteiger partial charge is 0.115 e. The number of methoxy groups -OCH3 is 1. The molecule has 0 aromatic carbocycles. The molecule has 0 bridgehead atoms. The van der Waals surface area contributed by atoms with E-state index >= 15 is 0 Å². The van der Waals surface area contributed by atoms with Gasteiger partial charge in [-0.25, -0.2) is 4.98 Å². The summed E-state index contributed by atoms with van der Waals surface area (Å²) in [4.78, 5) is 4.73. The highest BCUT2D eigenvalue weighted by molar-refractivity contribution is 7.09. The third-order valence-corrected chi connectivity index (χ3v) is 3.91. The van der Waals surface area contributed by atoms with E-state index < -0.39 is 0 Å². The molecular formula is C13H24N2OS. The second-order valence-electron chi connectivity index (χ2n) is 4.92. The first-order valence-corrected chi connectivity index (χ1v) is 7.11. The Hall–Kier alpha value is -0.450. The number of hydrogen-bond acceptors (Lipinski definition) is 4. The van der Waals surface area contributed by atoms with Gasteiger partial charge in [0.2, 0.25) is 0 Å². The summed E-state index contributed by atoms with van der Waals surface area (Å²) in [5.74, 6) is 0.484. The van der Waals surface area contributed by atoms with Crippen LogP contribution in [-0.2, 0) is 10.3 Å². The summed E-state index contributed by atoms with van der Waals surface area (Å²) >= 11 is 1.72. The van der Waals surface area contributed by atoms with Gasteiger partial charge in [0.15, 0.2) is 0 Å². The molecule has 0 aliphatic heterocycles. The van der Waals surface area contributed by atoms with E-state index in [0.717, 1.165) is 18.0 Å². The molecule has 0 aliphatic rings. The molecule has 1 heterocycles. The summed E-state index contributed by atoms with van der Waals surface area (Å²) in [6.07, 6.45) is 1.11. The van der Waals surface area contributed by atoms with Gasteiger partial charge >= 0.3 is 0 Å². The summed E-state index contributed by atoms with van der Waals surface area (Å²) in [5.41, 5.74) is 1.01. The minimum Gasteiger partial charge on any atom is -0.382 e. The molecule has 0 radical (unpaired) electrons. The zero-order chi connectivity index (χ0) is 12.9. The quantitative estimate of drug-likeness (QED) is 0.814. The van der Waals surface area contributed by atoms with Crippen molar-refractivity contribution >= 4 is 11.3 Å². The zero-order valence-electron chi connectivity index (χ0n) is 11.5. The second kappa shape index (κ2) is 6.47. The predicted octanol–water partition coefficient (Wildman–Crippen LogP) is 3.13. The molecule has 0 saturated carbocycles. The summed E-state index contributed by atoms with van der Waals surface area (Å²) in [7, 11) is 1.74. The SMILES string of the molecule is CCCNC(C)(COC)c1nc(C(C)C)cs1. The van der Waals surface area contributed by atoms with Crippen molar-refractivity contribution < 1.29 is 4.74 Å². The maximum absolute atomic E-state index is 5.33. The first-order chi connectivity index (χ1) is 8.03. The van der Waals surface area contributed by atoms with Gasteiger partial charge in [-0.05, 0) is 25.8 Å². The van der Waals surface area contributed by atoms with Gasteiger partial charge in [0.25, 0.3) is 0 Å². The van der Waals surface area contributed by atoms with Crippen LogP contribution >= 0.6 is 11.3 Å². The maximum atomic E-state index is 5.33. The van der Waals surface area contributed by atoms with Crippen LogP contribution in [0.2, 0.25) is 0 Å². The lowest BCUT2D eigenvalue weighted by molar-refractivity contribution is 0.118. The van der Waals surface area contributed by atoms with E-state index in [-0.39, 0.29) is 5.54 Å². The fourth-order valence-electron chi connectivity index (χ4n) is 1.68. The Morgan fingerprint density at radius 2 is 2.24 bits per heavy atom. The summed E-state index contributed by atoms with van der Waals surface area (Å²) in [6.45, 7) is 10.3. The van der Waals surface area contributed by atoms with Crippen molar-refractivity contribution in [2.75, 3.05) is 20.3 Å². The van der Waals surface area contributed by atoms with Crippen molar-refractivity contribution in [3.8, 4) is 0 Å². The summed E-state index contributed by atoms with van der Waals surface area (Å²) < 4.78 is 5.33. The molecule has 1 unspecified atom stereocenters. The Bertz CT molecular complexity index is 338. The average Bonchev–Trinajstić information content (AvgIpc) is 2.76. The molecule has 0 amide bonds. The molecule has 0 aliphatic carbocycles. The van der Waals surface area contributed by atoms with Crippen LogP contribution in [0, 0.1) is 0 Å². The number of nitrogens with one attached hydrogen (secondary N) is 1. The molecule has 1 N–H and O–H groups in total. The third kappa shape index (κ3) is 3.76. The van der Waals surface area contributed by atoms with Crippen LogP contribution in [0.15, 0.2) is 5.38 Å². The lowest BCUT2D eigenvalue weighted by Gasteiger charge is -2.28. The fourth-order valence-corrected chi connectivity index (χ4v) is 2.79. The molecule has 0 spiro atoms. The van der Waals surface area contributed by atoms with Gasteiger partial charge < -0.3 is 10.1 Å². The molecule has 1 aromatic rings. The minimum absolute atomic E-state index is 0.164. The van der Waals surface area contributed by atoms with Crippen molar-refractivity contribution in [2.45, 2.75) is 45.6 Å². The highest BCUT2D eigenvalue weighted by atomic mass is 32.1. The first-order valence-electron chi connectivity index (χ1n) is 6.23. The molecule has 0 saturated heterocycles. The van der Waals surface area contributed by atoms with Gasteiger partial charge in [0.1, 0.15) is 5.01 Å². The molecule has 98 valence electrons. The number of ether oxygens (including phenoxy) is 1. The van der Waals surface area contributed by atoms with Crippen molar-refractivity contribution in [3.05, 3.63) is 16.1 Å². The number of nitrogens with zero attached hydrogens (tertiary/aromatic N) is 1. The molecule has 1 atom stereocenters. The van der Waals surface area contributed by atoms with Crippen LogP contribution in [-0.4, -0.2) is 25.2 Å². The van der Waals surface area contributed by atoms with E-state index in [2.05, 4.69) is 38.4 Å². The fraction of sp³-hybridized carbons (Fsp3) is 0.769. The molecule has 0 fully saturated rings. The Labute approximate surface area is 109 Å². The standard InChI is InChI=1S/C13H24N2OS/c1-6-7-14-13(4,9-16-5)12-15-11(8-17-12)10(2)3/h8,10,14H,6-7,9H2,1-5H3. The van der Waals surface area contributed by atoms with E-state index in [1.165, 1.54) is 5.69 Å². The van der Waals surface area contributed by atoms with E-state index in [0.29, 0.717) is 12.5 Å². The monoisotopic (exact) mass is 256 g/mol. The molecule has 1 rings (SSSR count). The van der Waals surface area contributed by atoms with Crippen LogP contribution in [0.5, 0.6) is 0 Å². The van der Waals surface area contributed by atoms with Crippen molar-refractivity contribution in [3.63, 3.8) is 0 Å². The molecule has 1 aromatic heterocycles. The molecule has 3 nitrogen and oxygen atoms in total. The van der Waals surface area contributed by atoms with Crippen molar-refractivity contribution in [2.24, 2.45) is 0 Å². The van der Waals surface area contributed by atoms with Crippen LogP contribution in [0.25, 0.3) is 0 Å². The highest BCUT2D eigenvalue weighted by Crippen LogP contribution is 2.27. The largest absolute Gasteiger partial charge is 0.382 e. The van der Waals surface area contributed by atoms with Gasteiger partial charge in [0, 0.05) is 12.5 Å². The Kier molecular flexibility index (Phi) is 5.56. The molecule has 4 heteroatoms. The van der Waals surface area contributed by atoms with Gasteiger partial charge in [-0.3, -0.25) is 0 Å². The van der Waals surface area contributed by atoms with E-state index in [1.807, 2.05) is 0 Å². The predicted molar refractivity (Wildman–Crippen MR) is 73.7 cm³/mol. The first kappa shape index (κ1) is 14.6. The van der Waals surface area contributed by atoms with Crippen LogP contribution in [0.1, 0.15) is 50.7 Å². The molecule has 17 heavy (non-hydrogen) atoms. The Balaban J connectivity index is 2.87. The number of thiazole rings is 1. The van der Waals surface area contributed by atoms with Gasteiger partial charge in [-0.15, -0.1) is 11.3 Å². The third-order valence-electron chi connectivity index (χ3n) is 2.78. The lowest BCUT2D eigenvalue weighted by atomic mass is 10.0. The Morgan fingerprint density at radius 1 is 1.53 bits per heavy atom. The maximum Gasteiger partial charge on any atom is 0.115 e. The zero-order valence-corrected chi connectivity index (χ0v) is 12.4. The number of aromatic nitrogens is 1. The van der Waals surface area contributed by atoms with Crippen molar-refractivity contribution in [1.82, 2.24) is 10.3 Å². The van der Waals surface area contributed by atoms with Crippen molar-refractivity contribution in [1.29, 1.82) is 0 Å². The van der Waals surface area contributed by atoms with Gasteiger partial charge in [-0.2, -0.15) is 0 Å². The summed E-state index contributed by atoms with van der Waals surface area (Å²) in [6, 6.07) is 0. The van der Waals surface area contributed by atoms with E-state index in [4.69, 9.17) is 9.72 Å². The average molecular weight is 256 g/mol. The van der Waals surface area contributed by atoms with Gasteiger partial charge in [0.05, 0.1) is 17.8 Å². The number of hydrogen-bond donors (Lipinski definition) is 1. The van der Waals surface area contributed by atoms with E-state index in [1.54, 1.807) is 18.4 Å². The topological polar surface area (TPSA) is 34.1 Å². The van der Waals surface area contributed by atoms with Gasteiger partial charge in [-0.1, -0.05) is 20.8 Å². The molecular weight excluding hydrogens is 232 g/mol. The normalized spacial score (nSPS) is 15.2. The second-order valence-corrected chi connectivity index (χ2v) is 5.78. The Morgan fingerprint density at radius 3 is 2.71 bits per heavy atom. The minimum atomic E-state index is -0.164. The number of rotatable bonds is 7.